The van der Waals surface area contributed by atoms with Gasteiger partial charge < -0.3 is 24.6 Å². The van der Waals surface area contributed by atoms with Crippen LogP contribution in [0.1, 0.15) is 10.4 Å². The lowest BCUT2D eigenvalue weighted by Crippen LogP contribution is -2.34. The Hall–Kier alpha value is -1.79. The predicted molar refractivity (Wildman–Crippen MR) is 69.8 cm³/mol. The number of ether oxygens (including phenoxy) is 3. The molecule has 1 aromatic carbocycles. The van der Waals surface area contributed by atoms with Gasteiger partial charge in [0.25, 0.3) is 5.91 Å². The van der Waals surface area contributed by atoms with Crippen molar-refractivity contribution in [3.63, 3.8) is 0 Å². The molecule has 1 atom stereocenters. The van der Waals surface area contributed by atoms with Crippen LogP contribution >= 0.6 is 0 Å². The lowest BCUT2D eigenvalue weighted by molar-refractivity contribution is 0.0608. The molecule has 0 aliphatic rings. The molecule has 0 aliphatic carbocycles. The van der Waals surface area contributed by atoms with Crippen molar-refractivity contribution in [3.8, 4) is 11.5 Å². The molecule has 19 heavy (non-hydrogen) atoms. The Morgan fingerprint density at radius 1 is 1.26 bits per heavy atom. The number of amides is 1. The minimum absolute atomic E-state index is 0.0911. The number of benzene rings is 1. The minimum atomic E-state index is -0.755. The van der Waals surface area contributed by atoms with Gasteiger partial charge in [-0.2, -0.15) is 0 Å². The first kappa shape index (κ1) is 15.3. The molecule has 0 aromatic heterocycles. The first-order chi connectivity index (χ1) is 9.13. The number of aliphatic hydroxyl groups excluding tert-OH is 1. The lowest BCUT2D eigenvalue weighted by Gasteiger charge is -2.14. The fourth-order valence-electron chi connectivity index (χ4n) is 1.63. The number of hydrogen-bond donors (Lipinski definition) is 2. The third-order valence-corrected chi connectivity index (χ3v) is 2.51. The topological polar surface area (TPSA) is 77.0 Å². The molecule has 0 radical (unpaired) electrons. The fourth-order valence-corrected chi connectivity index (χ4v) is 1.63. The van der Waals surface area contributed by atoms with Gasteiger partial charge in [0.1, 0.15) is 17.1 Å². The van der Waals surface area contributed by atoms with E-state index >= 15 is 0 Å². The highest BCUT2D eigenvalue weighted by Crippen LogP contribution is 2.27. The molecule has 0 bridgehead atoms. The van der Waals surface area contributed by atoms with E-state index in [9.17, 15) is 9.90 Å². The lowest BCUT2D eigenvalue weighted by atomic mass is 10.1. The third kappa shape index (κ3) is 4.11. The van der Waals surface area contributed by atoms with Crippen LogP contribution in [0.25, 0.3) is 0 Å². The van der Waals surface area contributed by atoms with E-state index in [-0.39, 0.29) is 19.1 Å². The Morgan fingerprint density at radius 2 is 1.84 bits per heavy atom. The van der Waals surface area contributed by atoms with Gasteiger partial charge in [-0.1, -0.05) is 6.07 Å². The Morgan fingerprint density at radius 3 is 2.32 bits per heavy atom. The number of methoxy groups -OCH3 is 3. The maximum Gasteiger partial charge on any atom is 0.258 e. The van der Waals surface area contributed by atoms with Crippen molar-refractivity contribution in [3.05, 3.63) is 23.8 Å². The molecular formula is C13H19NO5. The molecule has 1 amide bonds. The molecular weight excluding hydrogens is 250 g/mol. The van der Waals surface area contributed by atoms with Crippen molar-refractivity contribution in [2.24, 2.45) is 0 Å². The molecule has 0 saturated carbocycles. The molecule has 6 nitrogen and oxygen atoms in total. The van der Waals surface area contributed by atoms with Gasteiger partial charge in [0.2, 0.25) is 0 Å². The highest BCUT2D eigenvalue weighted by Gasteiger charge is 2.18. The maximum atomic E-state index is 12.1. The van der Waals surface area contributed by atoms with Crippen LogP contribution in [0.2, 0.25) is 0 Å². The smallest absolute Gasteiger partial charge is 0.258 e. The Bertz CT molecular complexity index is 399. The van der Waals surface area contributed by atoms with E-state index in [1.54, 1.807) is 18.2 Å². The first-order valence-corrected chi connectivity index (χ1v) is 5.80. The van der Waals surface area contributed by atoms with E-state index in [2.05, 4.69) is 5.32 Å². The number of carbonyl (C=O) groups excluding carboxylic acids is 1. The Balaban J connectivity index is 2.81. The third-order valence-electron chi connectivity index (χ3n) is 2.51. The summed E-state index contributed by atoms with van der Waals surface area (Å²) in [5, 5.41) is 12.1. The van der Waals surface area contributed by atoms with E-state index in [1.165, 1.54) is 21.3 Å². The van der Waals surface area contributed by atoms with Crippen molar-refractivity contribution in [2.75, 3.05) is 34.5 Å². The summed E-state index contributed by atoms with van der Waals surface area (Å²) in [4.78, 5) is 12.1. The molecule has 0 heterocycles. The molecule has 1 unspecified atom stereocenters. The second-order valence-electron chi connectivity index (χ2n) is 3.86. The standard InChI is InChI=1S/C13H19NO5/c1-17-8-9(15)7-14-13(16)12-10(18-2)5-4-6-11(12)19-3/h4-6,9,15H,7-8H2,1-3H3,(H,14,16). The molecule has 1 aromatic rings. The van der Waals surface area contributed by atoms with Crippen molar-refractivity contribution in [2.45, 2.75) is 6.10 Å². The first-order valence-electron chi connectivity index (χ1n) is 5.80. The fraction of sp³-hybridized carbons (Fsp3) is 0.462. The number of nitrogens with one attached hydrogen (secondary N) is 1. The molecule has 0 saturated heterocycles. The summed E-state index contributed by atoms with van der Waals surface area (Å²) in [5.74, 6) is 0.459. The summed E-state index contributed by atoms with van der Waals surface area (Å²) in [5.41, 5.74) is 0.303. The van der Waals surface area contributed by atoms with Crippen molar-refractivity contribution in [1.29, 1.82) is 0 Å². The summed E-state index contributed by atoms with van der Waals surface area (Å²) >= 11 is 0. The molecule has 0 spiro atoms. The van der Waals surface area contributed by atoms with Gasteiger partial charge in [-0.3, -0.25) is 4.79 Å². The van der Waals surface area contributed by atoms with Crippen LogP contribution < -0.4 is 14.8 Å². The average molecular weight is 269 g/mol. The minimum Gasteiger partial charge on any atom is -0.496 e. The average Bonchev–Trinajstić information content (AvgIpc) is 2.44. The predicted octanol–water partition coefficient (Wildman–Crippen LogP) is 0.441. The zero-order valence-electron chi connectivity index (χ0n) is 11.3. The van der Waals surface area contributed by atoms with Gasteiger partial charge in [0.15, 0.2) is 0 Å². The van der Waals surface area contributed by atoms with Crippen molar-refractivity contribution >= 4 is 5.91 Å². The molecule has 6 heteroatoms. The molecule has 0 aliphatic heterocycles. The molecule has 106 valence electrons. The summed E-state index contributed by atoms with van der Waals surface area (Å²) in [7, 11) is 4.44. The van der Waals surface area contributed by atoms with Crippen LogP contribution in [0.5, 0.6) is 11.5 Å². The summed E-state index contributed by atoms with van der Waals surface area (Å²) in [6.45, 7) is 0.247. The normalized spacial score (nSPS) is 11.8. The van der Waals surface area contributed by atoms with Crippen LogP contribution in [-0.4, -0.2) is 51.6 Å². The van der Waals surface area contributed by atoms with Gasteiger partial charge in [-0.25, -0.2) is 0 Å². The second kappa shape index (κ2) is 7.60. The van der Waals surface area contributed by atoms with Crippen molar-refractivity contribution in [1.82, 2.24) is 5.32 Å². The number of hydrogen-bond acceptors (Lipinski definition) is 5. The number of aliphatic hydroxyl groups is 1. The van der Waals surface area contributed by atoms with Gasteiger partial charge in [0.05, 0.1) is 26.9 Å². The SMILES string of the molecule is COCC(O)CNC(=O)c1c(OC)cccc1OC. The van der Waals surface area contributed by atoms with Crippen LogP contribution in [0.15, 0.2) is 18.2 Å². The largest absolute Gasteiger partial charge is 0.496 e. The van der Waals surface area contributed by atoms with Crippen LogP contribution in [0, 0.1) is 0 Å². The van der Waals surface area contributed by atoms with Gasteiger partial charge in [0, 0.05) is 13.7 Å². The molecule has 1 rings (SSSR count). The van der Waals surface area contributed by atoms with Gasteiger partial charge in [-0.05, 0) is 12.1 Å². The highest BCUT2D eigenvalue weighted by atomic mass is 16.5. The van der Waals surface area contributed by atoms with E-state index in [0.717, 1.165) is 0 Å². The second-order valence-corrected chi connectivity index (χ2v) is 3.86. The summed E-state index contributed by atoms with van der Waals surface area (Å²) in [6, 6.07) is 5.07. The highest BCUT2D eigenvalue weighted by molar-refractivity contribution is 5.99. The van der Waals surface area contributed by atoms with E-state index < -0.39 is 6.10 Å². The van der Waals surface area contributed by atoms with Crippen LogP contribution in [0.4, 0.5) is 0 Å². The zero-order chi connectivity index (χ0) is 14.3. The monoisotopic (exact) mass is 269 g/mol. The van der Waals surface area contributed by atoms with E-state index in [1.807, 2.05) is 0 Å². The Kier molecular flexibility index (Phi) is 6.11. The molecule has 0 fully saturated rings. The van der Waals surface area contributed by atoms with E-state index in [4.69, 9.17) is 14.2 Å². The molecule has 2 N–H and O–H groups in total. The quantitative estimate of drug-likeness (QED) is 0.751. The van der Waals surface area contributed by atoms with Gasteiger partial charge >= 0.3 is 0 Å². The zero-order valence-corrected chi connectivity index (χ0v) is 11.3. The number of rotatable bonds is 7. The van der Waals surface area contributed by atoms with Crippen LogP contribution in [0.3, 0.4) is 0 Å². The Labute approximate surface area is 112 Å². The number of carbonyl (C=O) groups is 1. The maximum absolute atomic E-state index is 12.1. The summed E-state index contributed by atoms with van der Waals surface area (Å²) in [6.07, 6.45) is -0.755. The van der Waals surface area contributed by atoms with Crippen molar-refractivity contribution < 1.29 is 24.1 Å². The van der Waals surface area contributed by atoms with Gasteiger partial charge in [-0.15, -0.1) is 0 Å². The van der Waals surface area contributed by atoms with Crippen LogP contribution in [-0.2, 0) is 4.74 Å². The van der Waals surface area contributed by atoms with E-state index in [0.29, 0.717) is 17.1 Å². The summed E-state index contributed by atoms with van der Waals surface area (Å²) < 4.78 is 15.1.